The number of hydrogen-bond donors (Lipinski definition) is 2. The van der Waals surface area contributed by atoms with E-state index in [1.165, 1.54) is 0 Å². The second-order valence-electron chi connectivity index (χ2n) is 5.75. The second kappa shape index (κ2) is 7.93. The van der Waals surface area contributed by atoms with Crippen LogP contribution < -0.4 is 10.6 Å². The Balaban J connectivity index is 1.76. The van der Waals surface area contributed by atoms with Crippen LogP contribution >= 0.6 is 0 Å². The average molecular weight is 292 g/mol. The van der Waals surface area contributed by atoms with Crippen molar-refractivity contribution in [3.63, 3.8) is 0 Å². The number of amides is 1. The van der Waals surface area contributed by atoms with E-state index in [9.17, 15) is 4.79 Å². The highest BCUT2D eigenvalue weighted by Gasteiger charge is 2.16. The molecule has 1 aliphatic heterocycles. The van der Waals surface area contributed by atoms with Crippen LogP contribution in [0.1, 0.15) is 43.5 Å². The maximum absolute atomic E-state index is 11.9. The molecule has 116 valence electrons. The molecule has 0 aliphatic carbocycles. The van der Waals surface area contributed by atoms with Crippen LogP contribution in [0.5, 0.6) is 0 Å². The van der Waals surface area contributed by atoms with Crippen LogP contribution in [-0.2, 0) is 4.74 Å². The van der Waals surface area contributed by atoms with E-state index in [0.717, 1.165) is 32.4 Å². The van der Waals surface area contributed by atoms with Crippen molar-refractivity contribution in [1.29, 1.82) is 0 Å². The summed E-state index contributed by atoms with van der Waals surface area (Å²) in [4.78, 5) is 20.3. The molecule has 21 heavy (non-hydrogen) atoms. The van der Waals surface area contributed by atoms with E-state index in [2.05, 4.69) is 34.4 Å². The lowest BCUT2D eigenvalue weighted by atomic mass is 10.1. The molecule has 2 N–H and O–H groups in total. The SMILES string of the molecule is CC(C)CCNc1ncc(C(=O)NCC2CCCO2)cn1. The lowest BCUT2D eigenvalue weighted by molar-refractivity contribution is 0.0857. The first-order valence-corrected chi connectivity index (χ1v) is 7.61. The van der Waals surface area contributed by atoms with E-state index in [0.29, 0.717) is 24.0 Å². The van der Waals surface area contributed by atoms with Gasteiger partial charge in [0, 0.05) is 32.1 Å². The summed E-state index contributed by atoms with van der Waals surface area (Å²) in [6, 6.07) is 0. The van der Waals surface area contributed by atoms with Crippen molar-refractivity contribution < 1.29 is 9.53 Å². The second-order valence-corrected chi connectivity index (χ2v) is 5.75. The number of anilines is 1. The van der Waals surface area contributed by atoms with Crippen LogP contribution in [0.2, 0.25) is 0 Å². The van der Waals surface area contributed by atoms with Crippen LogP contribution in [0.25, 0.3) is 0 Å². The van der Waals surface area contributed by atoms with Crippen LogP contribution in [-0.4, -0.2) is 41.7 Å². The van der Waals surface area contributed by atoms with E-state index in [1.54, 1.807) is 12.4 Å². The Morgan fingerprint density at radius 3 is 2.81 bits per heavy atom. The van der Waals surface area contributed by atoms with Crippen molar-refractivity contribution >= 4 is 11.9 Å². The number of nitrogens with one attached hydrogen (secondary N) is 2. The van der Waals surface area contributed by atoms with Gasteiger partial charge in [-0.1, -0.05) is 13.8 Å². The van der Waals surface area contributed by atoms with Crippen LogP contribution in [0.15, 0.2) is 12.4 Å². The van der Waals surface area contributed by atoms with Gasteiger partial charge in [-0.25, -0.2) is 9.97 Å². The van der Waals surface area contributed by atoms with Gasteiger partial charge < -0.3 is 15.4 Å². The minimum atomic E-state index is -0.153. The molecular weight excluding hydrogens is 268 g/mol. The molecule has 0 bridgehead atoms. The highest BCUT2D eigenvalue weighted by Crippen LogP contribution is 2.11. The van der Waals surface area contributed by atoms with Gasteiger partial charge in [0.15, 0.2) is 0 Å². The zero-order valence-corrected chi connectivity index (χ0v) is 12.8. The van der Waals surface area contributed by atoms with Crippen LogP contribution in [0.4, 0.5) is 5.95 Å². The lowest BCUT2D eigenvalue weighted by Crippen LogP contribution is -2.31. The van der Waals surface area contributed by atoms with Crippen molar-refractivity contribution in [3.05, 3.63) is 18.0 Å². The van der Waals surface area contributed by atoms with Crippen molar-refractivity contribution in [2.75, 3.05) is 25.0 Å². The standard InChI is InChI=1S/C15H24N4O2/c1-11(2)5-6-16-15-18-8-12(9-19-15)14(20)17-10-13-4-3-7-21-13/h8-9,11,13H,3-7,10H2,1-2H3,(H,17,20)(H,16,18,19). The fraction of sp³-hybridized carbons (Fsp3) is 0.667. The summed E-state index contributed by atoms with van der Waals surface area (Å²) in [5, 5.41) is 6.00. The normalized spacial score (nSPS) is 18.0. The van der Waals surface area contributed by atoms with Crippen molar-refractivity contribution in [2.45, 2.75) is 39.2 Å². The molecule has 0 spiro atoms. The zero-order chi connectivity index (χ0) is 15.1. The van der Waals surface area contributed by atoms with Gasteiger partial charge >= 0.3 is 0 Å². The third kappa shape index (κ3) is 5.30. The number of nitrogens with zero attached hydrogens (tertiary/aromatic N) is 2. The van der Waals surface area contributed by atoms with Crippen molar-refractivity contribution in [2.24, 2.45) is 5.92 Å². The number of aromatic nitrogens is 2. The van der Waals surface area contributed by atoms with E-state index in [-0.39, 0.29) is 12.0 Å². The smallest absolute Gasteiger partial charge is 0.254 e. The number of carbonyl (C=O) groups excluding carboxylic acids is 1. The molecule has 1 unspecified atom stereocenters. The number of hydrogen-bond acceptors (Lipinski definition) is 5. The van der Waals surface area contributed by atoms with E-state index < -0.39 is 0 Å². The van der Waals surface area contributed by atoms with Gasteiger partial charge in [-0.3, -0.25) is 4.79 Å². The molecule has 1 amide bonds. The average Bonchev–Trinajstić information content (AvgIpc) is 2.98. The Bertz CT molecular complexity index is 441. The topological polar surface area (TPSA) is 76.1 Å². The minimum Gasteiger partial charge on any atom is -0.376 e. The van der Waals surface area contributed by atoms with E-state index in [4.69, 9.17) is 4.74 Å². The summed E-state index contributed by atoms with van der Waals surface area (Å²) in [5.74, 6) is 1.05. The van der Waals surface area contributed by atoms with Gasteiger partial charge in [-0.15, -0.1) is 0 Å². The first kappa shape index (κ1) is 15.7. The van der Waals surface area contributed by atoms with Gasteiger partial charge in [0.05, 0.1) is 11.7 Å². The van der Waals surface area contributed by atoms with Crippen LogP contribution in [0, 0.1) is 5.92 Å². The summed E-state index contributed by atoms with van der Waals surface area (Å²) < 4.78 is 5.47. The minimum absolute atomic E-state index is 0.145. The molecular formula is C15H24N4O2. The van der Waals surface area contributed by atoms with Gasteiger partial charge in [-0.05, 0) is 25.2 Å². The lowest BCUT2D eigenvalue weighted by Gasteiger charge is -2.11. The predicted octanol–water partition coefficient (Wildman–Crippen LogP) is 1.84. The fourth-order valence-corrected chi connectivity index (χ4v) is 2.12. The summed E-state index contributed by atoms with van der Waals surface area (Å²) >= 11 is 0. The quantitative estimate of drug-likeness (QED) is 0.802. The van der Waals surface area contributed by atoms with E-state index in [1.807, 2.05) is 0 Å². The Morgan fingerprint density at radius 2 is 2.19 bits per heavy atom. The summed E-state index contributed by atoms with van der Waals surface area (Å²) in [6.45, 7) is 6.52. The summed E-state index contributed by atoms with van der Waals surface area (Å²) in [6.07, 6.45) is 6.39. The maximum Gasteiger partial charge on any atom is 0.254 e. The van der Waals surface area contributed by atoms with Gasteiger partial charge in [-0.2, -0.15) is 0 Å². The molecule has 6 nitrogen and oxygen atoms in total. The number of ether oxygens (including phenoxy) is 1. The van der Waals surface area contributed by atoms with Gasteiger partial charge in [0.25, 0.3) is 5.91 Å². The molecule has 1 aliphatic rings. The van der Waals surface area contributed by atoms with Gasteiger partial charge in [0.2, 0.25) is 5.95 Å². The first-order chi connectivity index (χ1) is 10.1. The van der Waals surface area contributed by atoms with Crippen LogP contribution in [0.3, 0.4) is 0 Å². The Morgan fingerprint density at radius 1 is 1.43 bits per heavy atom. The molecule has 2 heterocycles. The Kier molecular flexibility index (Phi) is 5.92. The number of carbonyl (C=O) groups is 1. The molecule has 1 atom stereocenters. The molecule has 1 saturated heterocycles. The zero-order valence-electron chi connectivity index (χ0n) is 12.8. The van der Waals surface area contributed by atoms with Gasteiger partial charge in [0.1, 0.15) is 0 Å². The third-order valence-electron chi connectivity index (χ3n) is 3.43. The molecule has 6 heteroatoms. The molecule has 1 aromatic rings. The largest absolute Gasteiger partial charge is 0.376 e. The molecule has 0 saturated carbocycles. The summed E-state index contributed by atoms with van der Waals surface area (Å²) in [5.41, 5.74) is 0.474. The molecule has 2 rings (SSSR count). The maximum atomic E-state index is 11.9. The number of rotatable bonds is 7. The molecule has 0 aromatic carbocycles. The fourth-order valence-electron chi connectivity index (χ4n) is 2.12. The monoisotopic (exact) mass is 292 g/mol. The molecule has 1 aromatic heterocycles. The highest BCUT2D eigenvalue weighted by molar-refractivity contribution is 5.93. The Hall–Kier alpha value is -1.69. The van der Waals surface area contributed by atoms with Crippen molar-refractivity contribution in [1.82, 2.24) is 15.3 Å². The van der Waals surface area contributed by atoms with Crippen molar-refractivity contribution in [3.8, 4) is 0 Å². The van der Waals surface area contributed by atoms with E-state index >= 15 is 0 Å². The predicted molar refractivity (Wildman–Crippen MR) is 81.3 cm³/mol. The molecule has 0 radical (unpaired) electrons. The summed E-state index contributed by atoms with van der Waals surface area (Å²) in [7, 11) is 0. The Labute approximate surface area is 125 Å². The highest BCUT2D eigenvalue weighted by atomic mass is 16.5. The molecule has 1 fully saturated rings. The third-order valence-corrected chi connectivity index (χ3v) is 3.43. The first-order valence-electron chi connectivity index (χ1n) is 7.61.